The predicted octanol–water partition coefficient (Wildman–Crippen LogP) is 0.811. The topological polar surface area (TPSA) is 88.6 Å². The van der Waals surface area contributed by atoms with Crippen LogP contribution in [0.4, 0.5) is 0 Å². The van der Waals surface area contributed by atoms with Crippen molar-refractivity contribution in [1.29, 1.82) is 0 Å². The Morgan fingerprint density at radius 3 is 2.36 bits per heavy atom. The van der Waals surface area contributed by atoms with Crippen molar-refractivity contribution < 1.29 is 27.4 Å². The van der Waals surface area contributed by atoms with E-state index in [1.165, 1.54) is 15.7 Å². The largest absolute Gasteiger partial charge is 0.493 e. The summed E-state index contributed by atoms with van der Waals surface area (Å²) in [5.41, 5.74) is 0.432. The summed E-state index contributed by atoms with van der Waals surface area (Å²) in [5, 5.41) is 0. The minimum Gasteiger partial charge on any atom is -0.493 e. The van der Waals surface area contributed by atoms with E-state index < -0.39 is 10.2 Å². The van der Waals surface area contributed by atoms with Crippen LogP contribution in [0, 0.1) is 0 Å². The highest BCUT2D eigenvalue weighted by Crippen LogP contribution is 2.40. The Bertz CT molecular complexity index is 800. The van der Waals surface area contributed by atoms with Crippen LogP contribution in [-0.4, -0.2) is 87.4 Å². The van der Waals surface area contributed by atoms with Crippen LogP contribution in [0.1, 0.15) is 24.2 Å². The molecule has 3 rings (SSSR count). The van der Waals surface area contributed by atoms with E-state index in [1.54, 1.807) is 17.0 Å². The zero-order valence-corrected chi connectivity index (χ0v) is 17.3. The van der Waals surface area contributed by atoms with Crippen LogP contribution in [0.2, 0.25) is 0 Å². The molecule has 1 aromatic rings. The molecule has 0 aromatic heterocycles. The number of amides is 1. The normalized spacial score (nSPS) is 17.6. The van der Waals surface area contributed by atoms with Crippen molar-refractivity contribution in [3.05, 3.63) is 17.7 Å². The summed E-state index contributed by atoms with van der Waals surface area (Å²) in [7, 11) is -1.98. The van der Waals surface area contributed by atoms with E-state index in [0.29, 0.717) is 62.2 Å². The molecular formula is C18H27N3O6S. The number of carbonyl (C=O) groups excluding carboxylic acids is 1. The van der Waals surface area contributed by atoms with Gasteiger partial charge < -0.3 is 19.1 Å². The van der Waals surface area contributed by atoms with E-state index in [-0.39, 0.29) is 19.0 Å². The third-order valence-corrected chi connectivity index (χ3v) is 7.15. The third kappa shape index (κ3) is 3.89. The van der Waals surface area contributed by atoms with Crippen LogP contribution in [0.5, 0.6) is 17.2 Å². The number of fused-ring (bicyclic) bond motifs is 1. The maximum atomic E-state index is 13.0. The molecule has 2 heterocycles. The highest BCUT2D eigenvalue weighted by molar-refractivity contribution is 7.86. The first-order valence-corrected chi connectivity index (χ1v) is 10.8. The molecule has 1 aromatic carbocycles. The van der Waals surface area contributed by atoms with Gasteiger partial charge in [0.2, 0.25) is 5.75 Å². The van der Waals surface area contributed by atoms with Crippen molar-refractivity contribution in [3.8, 4) is 17.2 Å². The van der Waals surface area contributed by atoms with Gasteiger partial charge in [-0.05, 0) is 12.1 Å². The summed E-state index contributed by atoms with van der Waals surface area (Å²) >= 11 is 0. The quantitative estimate of drug-likeness (QED) is 0.686. The fourth-order valence-electron chi connectivity index (χ4n) is 3.41. The van der Waals surface area contributed by atoms with E-state index in [9.17, 15) is 13.2 Å². The zero-order chi connectivity index (χ0) is 20.3. The third-order valence-electron chi connectivity index (χ3n) is 4.96. The van der Waals surface area contributed by atoms with Gasteiger partial charge in [-0.25, -0.2) is 0 Å². The summed E-state index contributed by atoms with van der Waals surface area (Å²) < 4.78 is 44.6. The maximum Gasteiger partial charge on any atom is 0.282 e. The van der Waals surface area contributed by atoms with Crippen LogP contribution in [0.3, 0.4) is 0 Å². The molecule has 2 aliphatic heterocycles. The molecule has 156 valence electrons. The van der Waals surface area contributed by atoms with E-state index in [4.69, 9.17) is 14.2 Å². The molecule has 0 atom stereocenters. The van der Waals surface area contributed by atoms with Crippen molar-refractivity contribution in [2.24, 2.45) is 0 Å². The fraction of sp³-hybridized carbons (Fsp3) is 0.611. The molecule has 28 heavy (non-hydrogen) atoms. The number of hydrogen-bond donors (Lipinski definition) is 0. The first-order chi connectivity index (χ1) is 13.4. The average Bonchev–Trinajstić information content (AvgIpc) is 2.73. The van der Waals surface area contributed by atoms with E-state index in [0.717, 1.165) is 0 Å². The second-order valence-electron chi connectivity index (χ2n) is 6.49. The number of methoxy groups -OCH3 is 1. The van der Waals surface area contributed by atoms with E-state index >= 15 is 0 Å². The smallest absolute Gasteiger partial charge is 0.282 e. The zero-order valence-electron chi connectivity index (χ0n) is 16.5. The van der Waals surface area contributed by atoms with Crippen molar-refractivity contribution in [3.63, 3.8) is 0 Å². The second kappa shape index (κ2) is 8.54. The summed E-state index contributed by atoms with van der Waals surface area (Å²) in [6.07, 6.45) is 0. The van der Waals surface area contributed by atoms with E-state index in [2.05, 4.69) is 0 Å². The Hall–Kier alpha value is -2.04. The first-order valence-electron chi connectivity index (χ1n) is 9.44. The lowest BCUT2D eigenvalue weighted by atomic mass is 10.1. The summed E-state index contributed by atoms with van der Waals surface area (Å²) in [5.74, 6) is 1.25. The number of piperazine rings is 1. The van der Waals surface area contributed by atoms with Gasteiger partial charge in [0.25, 0.3) is 16.1 Å². The van der Waals surface area contributed by atoms with Crippen molar-refractivity contribution in [2.75, 3.05) is 59.6 Å². The highest BCUT2D eigenvalue weighted by atomic mass is 32.2. The SMILES string of the molecule is CCN(CC)S(=O)(=O)N1CCN(C(=O)c2cc(OC)c3c(c2)OCCO3)CC1. The predicted molar refractivity (Wildman–Crippen MR) is 103 cm³/mol. The summed E-state index contributed by atoms with van der Waals surface area (Å²) in [6.45, 7) is 6.52. The molecule has 10 heteroatoms. The molecule has 1 fully saturated rings. The van der Waals surface area contributed by atoms with Gasteiger partial charge in [0.1, 0.15) is 13.2 Å². The van der Waals surface area contributed by atoms with Crippen molar-refractivity contribution in [2.45, 2.75) is 13.8 Å². The number of nitrogens with zero attached hydrogens (tertiary/aromatic N) is 3. The van der Waals surface area contributed by atoms with Crippen LogP contribution in [0.15, 0.2) is 12.1 Å². The minimum absolute atomic E-state index is 0.185. The van der Waals surface area contributed by atoms with Crippen LogP contribution >= 0.6 is 0 Å². The molecule has 1 amide bonds. The van der Waals surface area contributed by atoms with Crippen molar-refractivity contribution in [1.82, 2.24) is 13.5 Å². The first kappa shape index (κ1) is 20.7. The summed E-state index contributed by atoms with van der Waals surface area (Å²) in [4.78, 5) is 14.6. The molecule has 0 unspecified atom stereocenters. The van der Waals surface area contributed by atoms with Gasteiger partial charge >= 0.3 is 0 Å². The van der Waals surface area contributed by atoms with Gasteiger partial charge in [0.15, 0.2) is 11.5 Å². The summed E-state index contributed by atoms with van der Waals surface area (Å²) in [6, 6.07) is 3.28. The van der Waals surface area contributed by atoms with E-state index in [1.807, 2.05) is 13.8 Å². The molecule has 0 radical (unpaired) electrons. The average molecular weight is 413 g/mol. The molecule has 0 spiro atoms. The molecule has 9 nitrogen and oxygen atoms in total. The molecular weight excluding hydrogens is 386 g/mol. The van der Waals surface area contributed by atoms with Gasteiger partial charge in [-0.3, -0.25) is 4.79 Å². The van der Waals surface area contributed by atoms with Gasteiger partial charge in [0, 0.05) is 44.8 Å². The number of ether oxygens (including phenoxy) is 3. The lowest BCUT2D eigenvalue weighted by Crippen LogP contribution is -2.54. The van der Waals surface area contributed by atoms with Crippen LogP contribution in [-0.2, 0) is 10.2 Å². The molecule has 0 bridgehead atoms. The Morgan fingerprint density at radius 1 is 1.11 bits per heavy atom. The Balaban J connectivity index is 1.72. The lowest BCUT2D eigenvalue weighted by molar-refractivity contribution is 0.0692. The van der Waals surface area contributed by atoms with Gasteiger partial charge in [-0.2, -0.15) is 17.0 Å². The lowest BCUT2D eigenvalue weighted by Gasteiger charge is -2.36. The maximum absolute atomic E-state index is 13.0. The molecule has 0 N–H and O–H groups in total. The minimum atomic E-state index is -3.49. The van der Waals surface area contributed by atoms with Crippen molar-refractivity contribution >= 4 is 16.1 Å². The number of rotatable bonds is 6. The molecule has 0 saturated carbocycles. The number of hydrogen-bond acceptors (Lipinski definition) is 6. The highest BCUT2D eigenvalue weighted by Gasteiger charge is 2.33. The number of carbonyl (C=O) groups is 1. The van der Waals surface area contributed by atoms with Crippen LogP contribution < -0.4 is 14.2 Å². The second-order valence-corrected chi connectivity index (χ2v) is 8.41. The Morgan fingerprint density at radius 2 is 1.75 bits per heavy atom. The Labute approximate surface area is 165 Å². The van der Waals surface area contributed by atoms with Gasteiger partial charge in [-0.15, -0.1) is 0 Å². The van der Waals surface area contributed by atoms with Gasteiger partial charge in [0.05, 0.1) is 7.11 Å². The van der Waals surface area contributed by atoms with Gasteiger partial charge in [-0.1, -0.05) is 13.8 Å². The Kier molecular flexibility index (Phi) is 6.31. The fourth-order valence-corrected chi connectivity index (χ4v) is 5.02. The molecule has 0 aliphatic carbocycles. The monoisotopic (exact) mass is 413 g/mol. The number of benzene rings is 1. The molecule has 1 saturated heterocycles. The van der Waals surface area contributed by atoms with Crippen LogP contribution in [0.25, 0.3) is 0 Å². The molecule has 2 aliphatic rings. The standard InChI is InChI=1S/C18H27N3O6S/c1-4-20(5-2)28(23,24)21-8-6-19(7-9-21)18(22)14-12-15(25-3)17-16(13-14)26-10-11-27-17/h12-13H,4-11H2,1-3H3.